The van der Waals surface area contributed by atoms with Gasteiger partial charge in [0.1, 0.15) is 6.61 Å². The molecule has 130 valence electrons. The number of fused-ring (bicyclic) bond motifs is 1. The van der Waals surface area contributed by atoms with Crippen molar-refractivity contribution in [3.05, 3.63) is 64.1 Å². The first-order valence-electron chi connectivity index (χ1n) is 8.41. The summed E-state index contributed by atoms with van der Waals surface area (Å²) >= 11 is 0. The molecule has 0 aliphatic heterocycles. The number of hydrogen-bond acceptors (Lipinski definition) is 3. The predicted octanol–water partition coefficient (Wildman–Crippen LogP) is 3.50. The third-order valence-electron chi connectivity index (χ3n) is 4.71. The molecule has 0 aliphatic carbocycles. The van der Waals surface area contributed by atoms with Gasteiger partial charge in [-0.25, -0.2) is 4.98 Å². The first-order chi connectivity index (χ1) is 11.9. The molecule has 3 aromatic rings. The average molecular weight is 337 g/mol. The summed E-state index contributed by atoms with van der Waals surface area (Å²) in [7, 11) is 0. The van der Waals surface area contributed by atoms with Crippen molar-refractivity contribution < 1.29 is 9.53 Å². The van der Waals surface area contributed by atoms with E-state index in [0.717, 1.165) is 17.8 Å². The number of aryl methyl sites for hydroxylation is 4. The topological polar surface area (TPSA) is 69.6 Å². The Balaban J connectivity index is 2.04. The van der Waals surface area contributed by atoms with Crippen molar-refractivity contribution in [2.24, 2.45) is 5.73 Å². The summed E-state index contributed by atoms with van der Waals surface area (Å²) in [5.74, 6) is 0.0837. The largest absolute Gasteiger partial charge is 0.485 e. The monoisotopic (exact) mass is 337 g/mol. The maximum Gasteiger partial charge on any atom is 0.250 e. The Morgan fingerprint density at radius 2 is 2.04 bits per heavy atom. The summed E-state index contributed by atoms with van der Waals surface area (Å²) in [5.41, 5.74) is 12.1. The van der Waals surface area contributed by atoms with Gasteiger partial charge in [0.15, 0.2) is 11.4 Å². The molecule has 25 heavy (non-hydrogen) atoms. The number of pyridine rings is 1. The van der Waals surface area contributed by atoms with Crippen molar-refractivity contribution >= 4 is 11.6 Å². The summed E-state index contributed by atoms with van der Waals surface area (Å²) < 4.78 is 7.96. The highest BCUT2D eigenvalue weighted by Gasteiger charge is 2.15. The van der Waals surface area contributed by atoms with Gasteiger partial charge in [0.05, 0.1) is 11.3 Å². The number of rotatable bonds is 5. The maximum absolute atomic E-state index is 11.7. The maximum atomic E-state index is 11.7. The van der Waals surface area contributed by atoms with Gasteiger partial charge in [-0.15, -0.1) is 0 Å². The first kappa shape index (κ1) is 17.0. The lowest BCUT2D eigenvalue weighted by atomic mass is 10.0. The van der Waals surface area contributed by atoms with Gasteiger partial charge in [-0.2, -0.15) is 0 Å². The summed E-state index contributed by atoms with van der Waals surface area (Å²) in [6.45, 7) is 8.54. The van der Waals surface area contributed by atoms with E-state index in [1.165, 1.54) is 16.7 Å². The number of ether oxygens (including phenoxy) is 1. The van der Waals surface area contributed by atoms with Crippen LogP contribution in [0.15, 0.2) is 30.5 Å². The van der Waals surface area contributed by atoms with E-state index >= 15 is 0 Å². The Hall–Kier alpha value is -2.82. The lowest BCUT2D eigenvalue weighted by Crippen LogP contribution is -2.13. The second-order valence-electron chi connectivity index (χ2n) is 6.29. The second kappa shape index (κ2) is 6.59. The van der Waals surface area contributed by atoms with Crippen LogP contribution in [0, 0.1) is 20.8 Å². The normalized spacial score (nSPS) is 11.0. The molecule has 0 saturated carbocycles. The Morgan fingerprint density at radius 3 is 2.72 bits per heavy atom. The summed E-state index contributed by atoms with van der Waals surface area (Å²) in [6.07, 6.45) is 2.66. The summed E-state index contributed by atoms with van der Waals surface area (Å²) in [5, 5.41) is 0. The molecule has 0 saturated heterocycles. The number of benzene rings is 1. The van der Waals surface area contributed by atoms with Crippen LogP contribution in [0.5, 0.6) is 5.75 Å². The standard InChI is InChI=1S/C20H23N3O2/c1-5-15-8-6-7-12(2)17(15)11-25-18-9-16(19(21)24)10-23-14(4)13(3)22-20(18)23/h6-10H,5,11H2,1-4H3,(H2,21,24). The molecule has 2 aromatic heterocycles. The number of aromatic nitrogens is 2. The van der Waals surface area contributed by atoms with Crippen LogP contribution in [0.2, 0.25) is 0 Å². The molecule has 0 aliphatic rings. The summed E-state index contributed by atoms with van der Waals surface area (Å²) in [4.78, 5) is 16.3. The Bertz CT molecular complexity index is 957. The highest BCUT2D eigenvalue weighted by atomic mass is 16.5. The van der Waals surface area contributed by atoms with Gasteiger partial charge in [0.2, 0.25) is 5.91 Å². The minimum absolute atomic E-state index is 0.406. The Morgan fingerprint density at radius 1 is 1.28 bits per heavy atom. The summed E-state index contributed by atoms with van der Waals surface area (Å²) in [6, 6.07) is 7.93. The van der Waals surface area contributed by atoms with Crippen molar-refractivity contribution in [1.29, 1.82) is 0 Å². The van der Waals surface area contributed by atoms with Crippen LogP contribution in [-0.2, 0) is 13.0 Å². The quantitative estimate of drug-likeness (QED) is 0.774. The second-order valence-corrected chi connectivity index (χ2v) is 6.29. The molecule has 1 amide bonds. The van der Waals surface area contributed by atoms with Gasteiger partial charge in [-0.1, -0.05) is 25.1 Å². The van der Waals surface area contributed by atoms with Crippen LogP contribution in [-0.4, -0.2) is 15.3 Å². The molecule has 0 spiro atoms. The number of primary amides is 1. The van der Waals surface area contributed by atoms with E-state index in [9.17, 15) is 4.79 Å². The lowest BCUT2D eigenvalue weighted by molar-refractivity contribution is 0.0999. The molecule has 2 N–H and O–H groups in total. The van der Waals surface area contributed by atoms with Crippen LogP contribution in [0.1, 0.15) is 45.4 Å². The number of nitrogens with two attached hydrogens (primary N) is 1. The molecule has 3 rings (SSSR count). The van der Waals surface area contributed by atoms with Crippen LogP contribution in [0.25, 0.3) is 5.65 Å². The van der Waals surface area contributed by atoms with E-state index in [1.807, 2.05) is 18.2 Å². The highest BCUT2D eigenvalue weighted by Crippen LogP contribution is 2.26. The fourth-order valence-electron chi connectivity index (χ4n) is 3.03. The smallest absolute Gasteiger partial charge is 0.250 e. The van der Waals surface area contributed by atoms with Crippen molar-refractivity contribution in [2.75, 3.05) is 0 Å². The molecule has 0 unspecified atom stereocenters. The molecule has 2 heterocycles. The Kier molecular flexibility index (Phi) is 4.49. The SMILES string of the molecule is CCc1cccc(C)c1COc1cc(C(N)=O)cn2c(C)c(C)nc12. The van der Waals surface area contributed by atoms with E-state index in [2.05, 4.69) is 37.0 Å². The number of hydrogen-bond donors (Lipinski definition) is 1. The van der Waals surface area contributed by atoms with Gasteiger partial charge in [-0.3, -0.25) is 4.79 Å². The fraction of sp³-hybridized carbons (Fsp3) is 0.300. The van der Waals surface area contributed by atoms with E-state index < -0.39 is 5.91 Å². The fourth-order valence-corrected chi connectivity index (χ4v) is 3.03. The van der Waals surface area contributed by atoms with E-state index in [-0.39, 0.29) is 0 Å². The molecule has 1 aromatic carbocycles. The van der Waals surface area contributed by atoms with Gasteiger partial charge in [0, 0.05) is 11.9 Å². The van der Waals surface area contributed by atoms with Gasteiger partial charge in [-0.05, 0) is 49.9 Å². The zero-order valence-corrected chi connectivity index (χ0v) is 15.1. The molecule has 0 radical (unpaired) electrons. The van der Waals surface area contributed by atoms with Crippen molar-refractivity contribution in [2.45, 2.75) is 40.7 Å². The van der Waals surface area contributed by atoms with Crippen LogP contribution >= 0.6 is 0 Å². The molecular formula is C20H23N3O2. The zero-order valence-electron chi connectivity index (χ0n) is 15.1. The van der Waals surface area contributed by atoms with Gasteiger partial charge in [0.25, 0.3) is 0 Å². The predicted molar refractivity (Wildman–Crippen MR) is 98.1 cm³/mol. The molecule has 5 nitrogen and oxygen atoms in total. The third kappa shape index (κ3) is 3.09. The van der Waals surface area contributed by atoms with E-state index in [4.69, 9.17) is 10.5 Å². The minimum Gasteiger partial charge on any atom is -0.485 e. The van der Waals surface area contributed by atoms with Crippen molar-refractivity contribution in [3.63, 3.8) is 0 Å². The zero-order chi connectivity index (χ0) is 18.1. The molecular weight excluding hydrogens is 314 g/mol. The molecule has 0 bridgehead atoms. The molecule has 0 atom stereocenters. The first-order valence-corrected chi connectivity index (χ1v) is 8.41. The number of imidazole rings is 1. The lowest BCUT2D eigenvalue weighted by Gasteiger charge is -2.14. The number of amides is 1. The molecule has 0 fully saturated rings. The van der Waals surface area contributed by atoms with Crippen molar-refractivity contribution in [3.8, 4) is 5.75 Å². The molecule has 5 heteroatoms. The van der Waals surface area contributed by atoms with Crippen molar-refractivity contribution in [1.82, 2.24) is 9.38 Å². The highest BCUT2D eigenvalue weighted by molar-refractivity contribution is 5.93. The number of carbonyl (C=O) groups is 1. The van der Waals surface area contributed by atoms with Crippen LogP contribution < -0.4 is 10.5 Å². The Labute approximate surface area is 147 Å². The van der Waals surface area contributed by atoms with E-state index in [1.54, 1.807) is 12.3 Å². The van der Waals surface area contributed by atoms with Gasteiger partial charge >= 0.3 is 0 Å². The van der Waals surface area contributed by atoms with E-state index in [0.29, 0.717) is 23.6 Å². The minimum atomic E-state index is -0.484. The van der Waals surface area contributed by atoms with Crippen LogP contribution in [0.4, 0.5) is 0 Å². The number of nitrogens with zero attached hydrogens (tertiary/aromatic N) is 2. The number of carbonyl (C=O) groups excluding carboxylic acids is 1. The van der Waals surface area contributed by atoms with Gasteiger partial charge < -0.3 is 14.9 Å². The third-order valence-corrected chi connectivity index (χ3v) is 4.71. The average Bonchev–Trinajstić information content (AvgIpc) is 2.88. The van der Waals surface area contributed by atoms with Crippen LogP contribution in [0.3, 0.4) is 0 Å².